The minimum atomic E-state index is -0.241. The van der Waals surface area contributed by atoms with Crippen LogP contribution in [0, 0.1) is 0 Å². The number of ether oxygens (including phenoxy) is 2. The maximum absolute atomic E-state index is 6.60. The minimum Gasteiger partial charge on any atom is -0.497 e. The topological polar surface area (TPSA) is 37.5 Å². The first-order valence-electron chi connectivity index (χ1n) is 9.95. The Morgan fingerprint density at radius 2 is 1.59 bits per heavy atom. The zero-order chi connectivity index (χ0) is 20.3. The smallest absolute Gasteiger partial charge is 0.132 e. The van der Waals surface area contributed by atoms with Crippen molar-refractivity contribution in [2.45, 2.75) is 27.9 Å². The molecule has 0 unspecified atom stereocenters. The number of rotatable bonds is 4. The molecular weight excluding hydrogens is 327 g/mol. The Bertz CT molecular complexity index is 825. The van der Waals surface area contributed by atoms with Crippen molar-refractivity contribution in [1.29, 1.82) is 0 Å². The molecule has 2 heterocycles. The summed E-state index contributed by atoms with van der Waals surface area (Å²) in [6.07, 6.45) is 3.12. The van der Waals surface area contributed by atoms with Crippen molar-refractivity contribution < 1.29 is 9.47 Å². The van der Waals surface area contributed by atoms with Gasteiger partial charge in [0.05, 0.1) is 7.11 Å². The first kappa shape index (κ1) is 20.7. The third-order valence-electron chi connectivity index (χ3n) is 7.39. The molecule has 1 aromatic heterocycles. The second-order valence-electron chi connectivity index (χ2n) is 9.87. The van der Waals surface area contributed by atoms with Gasteiger partial charge in [0.15, 0.2) is 0 Å². The average Bonchev–Trinajstić information content (AvgIpc) is 2.94. The summed E-state index contributed by atoms with van der Waals surface area (Å²) >= 11 is 0. The Morgan fingerprint density at radius 3 is 2.15 bits per heavy atom. The van der Waals surface area contributed by atoms with E-state index in [1.165, 1.54) is 10.9 Å². The van der Waals surface area contributed by atoms with Crippen LogP contribution in [0.25, 0.3) is 10.9 Å². The molecule has 27 heavy (non-hydrogen) atoms. The third-order valence-corrected chi connectivity index (χ3v) is 7.39. The van der Waals surface area contributed by atoms with Gasteiger partial charge in [-0.15, -0.1) is 0 Å². The van der Waals surface area contributed by atoms with E-state index in [2.05, 4.69) is 91.0 Å². The zero-order valence-electron chi connectivity index (χ0n) is 18.5. The van der Waals surface area contributed by atoms with Crippen molar-refractivity contribution in [3.63, 3.8) is 0 Å². The molecule has 1 N–H and O–H groups in total. The summed E-state index contributed by atoms with van der Waals surface area (Å²) in [6, 6.07) is 6.22. The number of hydrogen-bond acceptors (Lipinski definition) is 3. The minimum absolute atomic E-state index is 0.0875. The first-order valence-corrected chi connectivity index (χ1v) is 9.95. The van der Waals surface area contributed by atoms with E-state index in [1.807, 2.05) is 6.07 Å². The van der Waals surface area contributed by atoms with E-state index < -0.39 is 0 Å². The molecule has 134 valence electrons. The number of methoxy groups -OCH3 is 1. The zero-order valence-corrected chi connectivity index (χ0v) is 18.5. The maximum atomic E-state index is 6.60. The lowest BCUT2D eigenvalue weighted by molar-refractivity contribution is -0.111. The number of aromatic nitrogens is 1. The molecule has 1 aromatic carbocycles. The van der Waals surface area contributed by atoms with Gasteiger partial charge in [0.25, 0.3) is 0 Å². The highest BCUT2D eigenvalue weighted by molar-refractivity contribution is 6.59. The maximum Gasteiger partial charge on any atom is 0.132 e. The number of nitrogens with zero attached hydrogens (tertiary/aromatic N) is 1. The molecule has 0 aliphatic carbocycles. The monoisotopic (exact) mass is 356 g/mol. The molecular formula is C15H28B8N2O2. The van der Waals surface area contributed by atoms with Crippen LogP contribution in [0.4, 0.5) is 0 Å². The van der Waals surface area contributed by atoms with Crippen LogP contribution in [-0.2, 0) is 11.2 Å². The fraction of sp³-hybridized carbons (Fsp3) is 0.467. The van der Waals surface area contributed by atoms with Gasteiger partial charge in [0, 0.05) is 34.4 Å². The first-order chi connectivity index (χ1) is 12.3. The van der Waals surface area contributed by atoms with Gasteiger partial charge >= 0.3 is 0 Å². The lowest BCUT2D eigenvalue weighted by Gasteiger charge is -2.68. The summed E-state index contributed by atoms with van der Waals surface area (Å²) in [6.45, 7) is 0.973. The van der Waals surface area contributed by atoms with Gasteiger partial charge in [-0.1, -0.05) is 0 Å². The molecule has 3 rings (SSSR count). The summed E-state index contributed by atoms with van der Waals surface area (Å²) in [5.74, 6) is 0.901. The molecule has 1 aliphatic rings. The Kier molecular flexibility index (Phi) is 5.00. The molecule has 2 aromatic rings. The number of H-pyrrole nitrogens is 1. The van der Waals surface area contributed by atoms with Crippen LogP contribution in [0.2, 0.25) is 0 Å². The number of hydrogen-bond donors (Lipinski definition) is 1. The van der Waals surface area contributed by atoms with Gasteiger partial charge in [0.2, 0.25) is 0 Å². The summed E-state index contributed by atoms with van der Waals surface area (Å²) in [5.41, 5.74) is 2.49. The number of fused-ring (bicyclic) bond motifs is 1. The quantitative estimate of drug-likeness (QED) is 0.555. The second-order valence-corrected chi connectivity index (χ2v) is 9.87. The Hall–Kier alpha value is -1.00. The highest BCUT2D eigenvalue weighted by atomic mass is 16.5. The summed E-state index contributed by atoms with van der Waals surface area (Å²) < 4.78 is 12.0. The fourth-order valence-electron chi connectivity index (χ4n) is 4.52. The summed E-state index contributed by atoms with van der Waals surface area (Å²) in [7, 11) is 19.8. The molecule has 12 heteroatoms. The van der Waals surface area contributed by atoms with Gasteiger partial charge in [-0.2, -0.15) is 0 Å². The highest BCUT2D eigenvalue weighted by Crippen LogP contribution is 2.40. The van der Waals surface area contributed by atoms with Gasteiger partial charge < -0.3 is 19.4 Å². The Labute approximate surface area is 170 Å². The highest BCUT2D eigenvalue weighted by Gasteiger charge is 2.58. The van der Waals surface area contributed by atoms with E-state index in [-0.39, 0.29) is 21.5 Å². The standard InChI is InChI=1S/C15H28B8N2O2/c1-26-9-2-3-11-10(6-9)8(7-24-11)4-5-25-12(16,17)14(20,21)27-15(22,23)13(25,18)19/h2-3,6-7,24H,4-5,16-23H2,1H3. The van der Waals surface area contributed by atoms with Crippen molar-refractivity contribution in [2.75, 3.05) is 13.7 Å². The lowest BCUT2D eigenvalue weighted by atomic mass is 9.30. The third kappa shape index (κ3) is 3.23. The molecule has 0 spiro atoms. The van der Waals surface area contributed by atoms with Crippen LogP contribution in [-0.4, -0.2) is 108 Å². The van der Waals surface area contributed by atoms with E-state index in [0.717, 1.165) is 24.2 Å². The lowest BCUT2D eigenvalue weighted by Crippen LogP contribution is -2.86. The van der Waals surface area contributed by atoms with Crippen LogP contribution >= 0.6 is 0 Å². The van der Waals surface area contributed by atoms with Crippen molar-refractivity contribution in [2.24, 2.45) is 0 Å². The second kappa shape index (κ2) is 6.52. The molecule has 1 aliphatic heterocycles. The predicted octanol–water partition coefficient (Wildman–Crippen LogP) is -6.27. The van der Waals surface area contributed by atoms with E-state index >= 15 is 0 Å². The van der Waals surface area contributed by atoms with E-state index in [9.17, 15) is 0 Å². The summed E-state index contributed by atoms with van der Waals surface area (Å²) in [4.78, 5) is 6.04. The van der Waals surface area contributed by atoms with Crippen LogP contribution in [0.15, 0.2) is 24.4 Å². The van der Waals surface area contributed by atoms with Gasteiger partial charge in [0.1, 0.15) is 68.5 Å². The van der Waals surface area contributed by atoms with Gasteiger partial charge in [-0.25, -0.2) is 0 Å². The van der Waals surface area contributed by atoms with Crippen LogP contribution < -0.4 is 4.74 Å². The SMILES string of the molecule is BC1(B)OC(B)(B)C(B)(B)N(CCc2c[nH]c3ccc(OC)cc23)C1(B)B. The Balaban J connectivity index is 1.93. The van der Waals surface area contributed by atoms with Crippen molar-refractivity contribution >= 4 is 73.7 Å². The molecule has 0 radical (unpaired) electrons. The van der Waals surface area contributed by atoms with Gasteiger partial charge in [-0.05, 0) is 40.9 Å². The van der Waals surface area contributed by atoms with Crippen LogP contribution in [0.3, 0.4) is 0 Å². The summed E-state index contributed by atoms with van der Waals surface area (Å²) in [5, 5.41) is 0.591. The number of morpholine rings is 1. The van der Waals surface area contributed by atoms with Crippen LogP contribution in [0.5, 0.6) is 5.75 Å². The molecule has 0 bridgehead atoms. The largest absolute Gasteiger partial charge is 0.497 e. The van der Waals surface area contributed by atoms with E-state index in [0.29, 0.717) is 0 Å². The molecule has 1 saturated heterocycles. The van der Waals surface area contributed by atoms with Crippen molar-refractivity contribution in [1.82, 2.24) is 9.88 Å². The molecule has 4 nitrogen and oxygen atoms in total. The van der Waals surface area contributed by atoms with Gasteiger partial charge in [-0.3, -0.25) is 0 Å². The fourth-order valence-corrected chi connectivity index (χ4v) is 4.52. The van der Waals surface area contributed by atoms with Crippen LogP contribution in [0.1, 0.15) is 5.56 Å². The normalized spacial score (nSPS) is 23.1. The molecule has 0 atom stereocenters. The predicted molar refractivity (Wildman–Crippen MR) is 136 cm³/mol. The number of aromatic amines is 1. The van der Waals surface area contributed by atoms with E-state index in [4.69, 9.17) is 9.47 Å². The van der Waals surface area contributed by atoms with Crippen molar-refractivity contribution in [3.8, 4) is 5.75 Å². The molecule has 0 saturated carbocycles. The Morgan fingerprint density at radius 1 is 1.00 bits per heavy atom. The van der Waals surface area contributed by atoms with E-state index in [1.54, 1.807) is 7.11 Å². The molecule has 1 fully saturated rings. The van der Waals surface area contributed by atoms with Crippen molar-refractivity contribution in [3.05, 3.63) is 30.0 Å². The molecule has 0 amide bonds. The number of nitrogens with one attached hydrogen (secondary N) is 1. The number of benzene rings is 1. The average molecular weight is 355 g/mol.